The molecule has 0 spiro atoms. The van der Waals surface area contributed by atoms with Gasteiger partial charge in [-0.15, -0.1) is 0 Å². The molecule has 0 amide bonds. The third-order valence-corrected chi connectivity index (χ3v) is 2.61. The molecule has 14 heavy (non-hydrogen) atoms. The van der Waals surface area contributed by atoms with E-state index in [0.29, 0.717) is 0 Å². The van der Waals surface area contributed by atoms with Gasteiger partial charge in [0.2, 0.25) is 0 Å². The van der Waals surface area contributed by atoms with Gasteiger partial charge in [0.05, 0.1) is 5.60 Å². The van der Waals surface area contributed by atoms with E-state index in [0.717, 1.165) is 11.1 Å². The zero-order valence-electron chi connectivity index (χ0n) is 9.37. The second kappa shape index (κ2) is 4.11. The average Bonchev–Trinajstić information content (AvgIpc) is 2.18. The van der Waals surface area contributed by atoms with Crippen molar-refractivity contribution in [1.82, 2.24) is 0 Å². The summed E-state index contributed by atoms with van der Waals surface area (Å²) in [6.07, 6.45) is 0. The number of nitrogens with two attached hydrogens (primary N) is 1. The van der Waals surface area contributed by atoms with Gasteiger partial charge in [0.25, 0.3) is 0 Å². The lowest BCUT2D eigenvalue weighted by Gasteiger charge is -2.27. The lowest BCUT2D eigenvalue weighted by Crippen LogP contribution is -2.23. The Morgan fingerprint density at radius 1 is 1.29 bits per heavy atom. The molecule has 1 aromatic carbocycles. The fourth-order valence-corrected chi connectivity index (χ4v) is 1.55. The first-order valence-corrected chi connectivity index (χ1v) is 4.89. The van der Waals surface area contributed by atoms with Crippen molar-refractivity contribution >= 4 is 0 Å². The first-order chi connectivity index (χ1) is 6.49. The molecule has 0 saturated carbocycles. The molecular formula is C12H19NO. The minimum atomic E-state index is -0.274. The van der Waals surface area contributed by atoms with Crippen LogP contribution in [0.15, 0.2) is 24.3 Å². The maximum Gasteiger partial charge on any atom is 0.0874 e. The Kier molecular flexibility index (Phi) is 3.29. The van der Waals surface area contributed by atoms with Crippen LogP contribution in [0.4, 0.5) is 0 Å². The van der Waals surface area contributed by atoms with Gasteiger partial charge in [-0.1, -0.05) is 24.3 Å². The van der Waals surface area contributed by atoms with Crippen LogP contribution in [0, 0.1) is 0 Å². The van der Waals surface area contributed by atoms with Crippen molar-refractivity contribution in [3.8, 4) is 0 Å². The monoisotopic (exact) mass is 193 g/mol. The zero-order valence-corrected chi connectivity index (χ0v) is 9.37. The van der Waals surface area contributed by atoms with Gasteiger partial charge in [-0.2, -0.15) is 0 Å². The Morgan fingerprint density at radius 3 is 2.36 bits per heavy atom. The predicted molar refractivity (Wildman–Crippen MR) is 59.1 cm³/mol. The van der Waals surface area contributed by atoms with Gasteiger partial charge >= 0.3 is 0 Å². The quantitative estimate of drug-likeness (QED) is 0.800. The van der Waals surface area contributed by atoms with E-state index in [2.05, 4.69) is 12.1 Å². The third kappa shape index (κ3) is 2.14. The largest absolute Gasteiger partial charge is 0.374 e. The van der Waals surface area contributed by atoms with E-state index in [1.165, 1.54) is 0 Å². The van der Waals surface area contributed by atoms with Crippen molar-refractivity contribution < 1.29 is 4.74 Å². The molecule has 1 aromatic rings. The van der Waals surface area contributed by atoms with Crippen molar-refractivity contribution in [2.75, 3.05) is 7.11 Å². The molecule has 1 rings (SSSR count). The Labute approximate surface area is 86.1 Å². The summed E-state index contributed by atoms with van der Waals surface area (Å²) in [6, 6.07) is 8.19. The maximum absolute atomic E-state index is 5.91. The molecule has 0 radical (unpaired) electrons. The minimum Gasteiger partial charge on any atom is -0.374 e. The Hall–Kier alpha value is -0.860. The second-order valence-corrected chi connectivity index (χ2v) is 4.09. The summed E-state index contributed by atoms with van der Waals surface area (Å²) in [7, 11) is 1.72. The Balaban J connectivity index is 3.20. The van der Waals surface area contributed by atoms with Gasteiger partial charge in [-0.25, -0.2) is 0 Å². The number of methoxy groups -OCH3 is 1. The normalized spacial score (nSPS) is 14.1. The van der Waals surface area contributed by atoms with Gasteiger partial charge in [0.15, 0.2) is 0 Å². The molecular weight excluding hydrogens is 174 g/mol. The Morgan fingerprint density at radius 2 is 1.86 bits per heavy atom. The number of hydrogen-bond acceptors (Lipinski definition) is 2. The first-order valence-electron chi connectivity index (χ1n) is 4.89. The molecule has 1 unspecified atom stereocenters. The number of ether oxygens (including phenoxy) is 1. The van der Waals surface area contributed by atoms with E-state index < -0.39 is 0 Å². The molecule has 0 fully saturated rings. The minimum absolute atomic E-state index is 0.0422. The van der Waals surface area contributed by atoms with Crippen LogP contribution in [0.1, 0.15) is 37.9 Å². The summed E-state index contributed by atoms with van der Waals surface area (Å²) < 4.78 is 5.46. The van der Waals surface area contributed by atoms with Crippen molar-refractivity contribution in [3.05, 3.63) is 35.4 Å². The molecule has 0 bridgehead atoms. The van der Waals surface area contributed by atoms with Crippen molar-refractivity contribution in [1.29, 1.82) is 0 Å². The molecule has 2 N–H and O–H groups in total. The van der Waals surface area contributed by atoms with E-state index in [1.54, 1.807) is 7.11 Å². The van der Waals surface area contributed by atoms with Crippen LogP contribution in [0.2, 0.25) is 0 Å². The zero-order chi connectivity index (χ0) is 10.8. The highest BCUT2D eigenvalue weighted by molar-refractivity contribution is 5.33. The summed E-state index contributed by atoms with van der Waals surface area (Å²) in [5.74, 6) is 0. The van der Waals surface area contributed by atoms with Crippen LogP contribution in [0.25, 0.3) is 0 Å². The van der Waals surface area contributed by atoms with Crippen molar-refractivity contribution in [2.24, 2.45) is 5.73 Å². The van der Waals surface area contributed by atoms with E-state index in [-0.39, 0.29) is 11.6 Å². The van der Waals surface area contributed by atoms with Crippen LogP contribution >= 0.6 is 0 Å². The lowest BCUT2D eigenvalue weighted by atomic mass is 9.90. The highest BCUT2D eigenvalue weighted by Crippen LogP contribution is 2.29. The van der Waals surface area contributed by atoms with E-state index in [9.17, 15) is 0 Å². The fraction of sp³-hybridized carbons (Fsp3) is 0.500. The van der Waals surface area contributed by atoms with Crippen LogP contribution < -0.4 is 5.73 Å². The summed E-state index contributed by atoms with van der Waals surface area (Å²) in [5.41, 5.74) is 7.95. The highest BCUT2D eigenvalue weighted by atomic mass is 16.5. The predicted octanol–water partition coefficient (Wildman–Crippen LogP) is 2.59. The van der Waals surface area contributed by atoms with Gasteiger partial charge in [0, 0.05) is 13.2 Å². The average molecular weight is 193 g/mol. The van der Waals surface area contributed by atoms with E-state index in [4.69, 9.17) is 10.5 Å². The molecule has 0 aliphatic carbocycles. The van der Waals surface area contributed by atoms with Crippen molar-refractivity contribution in [3.63, 3.8) is 0 Å². The van der Waals surface area contributed by atoms with Crippen LogP contribution in [0.3, 0.4) is 0 Å². The van der Waals surface area contributed by atoms with E-state index >= 15 is 0 Å². The Bertz CT molecular complexity index is 305. The molecule has 78 valence electrons. The SMILES string of the molecule is COC(C)(C)c1ccccc1C(C)N. The molecule has 0 aliphatic heterocycles. The summed E-state index contributed by atoms with van der Waals surface area (Å²) in [6.45, 7) is 6.09. The van der Waals surface area contributed by atoms with Crippen molar-refractivity contribution in [2.45, 2.75) is 32.4 Å². The van der Waals surface area contributed by atoms with Gasteiger partial charge in [-0.3, -0.25) is 0 Å². The first kappa shape index (κ1) is 11.2. The smallest absolute Gasteiger partial charge is 0.0874 e. The summed E-state index contributed by atoms with van der Waals surface area (Å²) in [5, 5.41) is 0. The molecule has 0 aliphatic rings. The fourth-order valence-electron chi connectivity index (χ4n) is 1.55. The molecule has 0 heterocycles. The third-order valence-electron chi connectivity index (χ3n) is 2.61. The highest BCUT2D eigenvalue weighted by Gasteiger charge is 2.23. The molecule has 2 nitrogen and oxygen atoms in total. The molecule has 1 atom stereocenters. The number of rotatable bonds is 3. The lowest BCUT2D eigenvalue weighted by molar-refractivity contribution is 0.0182. The topological polar surface area (TPSA) is 35.2 Å². The van der Waals surface area contributed by atoms with Crippen LogP contribution in [-0.2, 0) is 10.3 Å². The number of benzene rings is 1. The number of hydrogen-bond donors (Lipinski definition) is 1. The van der Waals surface area contributed by atoms with Gasteiger partial charge in [-0.05, 0) is 31.9 Å². The van der Waals surface area contributed by atoms with Gasteiger partial charge in [0.1, 0.15) is 0 Å². The molecule has 0 saturated heterocycles. The maximum atomic E-state index is 5.91. The van der Waals surface area contributed by atoms with Gasteiger partial charge < -0.3 is 10.5 Å². The molecule has 0 aromatic heterocycles. The second-order valence-electron chi connectivity index (χ2n) is 4.09. The summed E-state index contributed by atoms with van der Waals surface area (Å²) in [4.78, 5) is 0. The molecule has 2 heteroatoms. The van der Waals surface area contributed by atoms with E-state index in [1.807, 2.05) is 32.9 Å². The summed E-state index contributed by atoms with van der Waals surface area (Å²) >= 11 is 0. The standard InChI is InChI=1S/C12H19NO/c1-9(13)10-7-5-6-8-11(10)12(2,3)14-4/h5-9H,13H2,1-4H3. The van der Waals surface area contributed by atoms with Crippen LogP contribution in [-0.4, -0.2) is 7.11 Å². The van der Waals surface area contributed by atoms with Crippen LogP contribution in [0.5, 0.6) is 0 Å².